The van der Waals surface area contributed by atoms with Crippen LogP contribution in [0.5, 0.6) is 0 Å². The van der Waals surface area contributed by atoms with E-state index in [0.29, 0.717) is 17.3 Å². The van der Waals surface area contributed by atoms with Crippen molar-refractivity contribution in [2.75, 3.05) is 12.3 Å². The maximum atomic E-state index is 11.9. The van der Waals surface area contributed by atoms with Crippen molar-refractivity contribution >= 4 is 11.6 Å². The van der Waals surface area contributed by atoms with Gasteiger partial charge in [0.25, 0.3) is 5.91 Å². The molecule has 1 heterocycles. The van der Waals surface area contributed by atoms with E-state index in [1.165, 1.54) is 25.7 Å². The van der Waals surface area contributed by atoms with Gasteiger partial charge in [-0.3, -0.25) is 4.79 Å². The summed E-state index contributed by atoms with van der Waals surface area (Å²) in [5.41, 5.74) is 6.50. The lowest BCUT2D eigenvalue weighted by Crippen LogP contribution is -2.32. The molecule has 2 atom stereocenters. The number of carbonyl (C=O) groups is 1. The van der Waals surface area contributed by atoms with Crippen molar-refractivity contribution in [1.82, 2.24) is 10.3 Å². The Morgan fingerprint density at radius 3 is 3.11 bits per heavy atom. The van der Waals surface area contributed by atoms with Crippen LogP contribution in [-0.2, 0) is 0 Å². The Bertz CT molecular complexity index is 419. The number of nitrogens with one attached hydrogen (secondary N) is 1. The van der Waals surface area contributed by atoms with Crippen molar-refractivity contribution in [2.45, 2.75) is 32.6 Å². The third-order valence-electron chi connectivity index (χ3n) is 3.65. The lowest BCUT2D eigenvalue weighted by atomic mass is 9.82. The summed E-state index contributed by atoms with van der Waals surface area (Å²) in [6.07, 6.45) is 6.60. The molecule has 0 aliphatic heterocycles. The average molecular weight is 247 g/mol. The summed E-state index contributed by atoms with van der Waals surface area (Å²) in [6, 6.07) is 3.43. The molecule has 98 valence electrons. The van der Waals surface area contributed by atoms with Gasteiger partial charge in [0.1, 0.15) is 0 Å². The predicted molar refractivity (Wildman–Crippen MR) is 72.1 cm³/mol. The molecule has 1 fully saturated rings. The first-order chi connectivity index (χ1) is 8.66. The fourth-order valence-electron chi connectivity index (χ4n) is 2.67. The van der Waals surface area contributed by atoms with Gasteiger partial charge < -0.3 is 11.1 Å². The second kappa shape index (κ2) is 5.85. The normalized spacial score (nSPS) is 23.6. The highest BCUT2D eigenvalue weighted by Crippen LogP contribution is 2.27. The summed E-state index contributed by atoms with van der Waals surface area (Å²) in [6.45, 7) is 3.02. The second-order valence-corrected chi connectivity index (χ2v) is 5.29. The van der Waals surface area contributed by atoms with E-state index in [2.05, 4.69) is 17.2 Å². The van der Waals surface area contributed by atoms with E-state index in [1.807, 2.05) is 0 Å². The number of nitrogens with zero attached hydrogens (tertiary/aromatic N) is 1. The van der Waals surface area contributed by atoms with Crippen LogP contribution in [-0.4, -0.2) is 17.4 Å². The zero-order chi connectivity index (χ0) is 13.0. The minimum Gasteiger partial charge on any atom is -0.397 e. The monoisotopic (exact) mass is 247 g/mol. The number of anilines is 1. The number of aromatic nitrogens is 1. The molecule has 1 aliphatic rings. The molecule has 1 aliphatic carbocycles. The predicted octanol–water partition coefficient (Wildman–Crippen LogP) is 2.22. The fraction of sp³-hybridized carbons (Fsp3) is 0.571. The second-order valence-electron chi connectivity index (χ2n) is 5.29. The van der Waals surface area contributed by atoms with Crippen LogP contribution in [0.25, 0.3) is 0 Å². The molecule has 0 saturated heterocycles. The first kappa shape index (κ1) is 12.9. The van der Waals surface area contributed by atoms with Crippen molar-refractivity contribution in [2.24, 2.45) is 11.8 Å². The van der Waals surface area contributed by atoms with Gasteiger partial charge in [-0.1, -0.05) is 19.8 Å². The van der Waals surface area contributed by atoms with Crippen LogP contribution in [0.4, 0.5) is 5.69 Å². The lowest BCUT2D eigenvalue weighted by Gasteiger charge is -2.26. The molecule has 3 N–H and O–H groups in total. The van der Waals surface area contributed by atoms with Gasteiger partial charge >= 0.3 is 0 Å². The molecule has 0 radical (unpaired) electrons. The first-order valence-electron chi connectivity index (χ1n) is 6.65. The summed E-state index contributed by atoms with van der Waals surface area (Å²) in [7, 11) is 0. The highest BCUT2D eigenvalue weighted by atomic mass is 16.1. The Balaban J connectivity index is 1.87. The van der Waals surface area contributed by atoms with E-state index in [9.17, 15) is 4.79 Å². The van der Waals surface area contributed by atoms with Gasteiger partial charge in [-0.15, -0.1) is 0 Å². The summed E-state index contributed by atoms with van der Waals surface area (Å²) in [5, 5.41) is 2.95. The van der Waals surface area contributed by atoms with E-state index in [1.54, 1.807) is 18.3 Å². The van der Waals surface area contributed by atoms with E-state index < -0.39 is 0 Å². The summed E-state index contributed by atoms with van der Waals surface area (Å²) in [4.78, 5) is 16.0. The molecule has 4 nitrogen and oxygen atoms in total. The number of nitrogen functional groups attached to an aromatic ring is 1. The molecule has 2 rings (SSSR count). The zero-order valence-electron chi connectivity index (χ0n) is 10.9. The largest absolute Gasteiger partial charge is 0.397 e. The van der Waals surface area contributed by atoms with Gasteiger partial charge in [0.15, 0.2) is 5.69 Å². The molecule has 0 aromatic carbocycles. The Kier molecular flexibility index (Phi) is 4.18. The number of nitrogens with two attached hydrogens (primary N) is 1. The molecule has 1 saturated carbocycles. The summed E-state index contributed by atoms with van der Waals surface area (Å²) < 4.78 is 0. The lowest BCUT2D eigenvalue weighted by molar-refractivity contribution is 0.0936. The third-order valence-corrected chi connectivity index (χ3v) is 3.65. The number of rotatable bonds is 3. The third kappa shape index (κ3) is 3.22. The molecule has 2 unspecified atom stereocenters. The molecule has 1 aromatic heterocycles. The summed E-state index contributed by atoms with van der Waals surface area (Å²) >= 11 is 0. The van der Waals surface area contributed by atoms with Gasteiger partial charge in [-0.25, -0.2) is 4.98 Å². The van der Waals surface area contributed by atoms with E-state index in [4.69, 9.17) is 5.73 Å². The SMILES string of the molecule is CC1CCCC(CNC(=O)c2ncccc2N)C1. The Labute approximate surface area is 108 Å². The van der Waals surface area contributed by atoms with Crippen LogP contribution in [0.15, 0.2) is 18.3 Å². The summed E-state index contributed by atoms with van der Waals surface area (Å²) in [5.74, 6) is 1.22. The van der Waals surface area contributed by atoms with Crippen LogP contribution >= 0.6 is 0 Å². The zero-order valence-corrected chi connectivity index (χ0v) is 10.9. The minimum atomic E-state index is -0.161. The average Bonchev–Trinajstić information content (AvgIpc) is 2.37. The van der Waals surface area contributed by atoms with Crippen molar-refractivity contribution in [1.29, 1.82) is 0 Å². The van der Waals surface area contributed by atoms with Crippen molar-refractivity contribution < 1.29 is 4.79 Å². The minimum absolute atomic E-state index is 0.161. The number of pyridine rings is 1. The number of hydrogen-bond donors (Lipinski definition) is 2. The van der Waals surface area contributed by atoms with Crippen LogP contribution in [0, 0.1) is 11.8 Å². The smallest absolute Gasteiger partial charge is 0.272 e. The highest BCUT2D eigenvalue weighted by molar-refractivity contribution is 5.96. The van der Waals surface area contributed by atoms with E-state index in [0.717, 1.165) is 12.5 Å². The molecule has 0 spiro atoms. The van der Waals surface area contributed by atoms with Gasteiger partial charge in [-0.2, -0.15) is 0 Å². The fourth-order valence-corrected chi connectivity index (χ4v) is 2.67. The van der Waals surface area contributed by atoms with Crippen LogP contribution in [0.1, 0.15) is 43.1 Å². The standard InChI is InChI=1S/C14H21N3O/c1-10-4-2-5-11(8-10)9-17-14(18)13-12(15)6-3-7-16-13/h3,6-7,10-11H,2,4-5,8-9,15H2,1H3,(H,17,18). The topological polar surface area (TPSA) is 68.0 Å². The maximum absolute atomic E-state index is 11.9. The molecule has 0 bridgehead atoms. The van der Waals surface area contributed by atoms with Crippen molar-refractivity contribution in [3.63, 3.8) is 0 Å². The molecular formula is C14H21N3O. The Morgan fingerprint density at radius 2 is 2.39 bits per heavy atom. The van der Waals surface area contributed by atoms with Gasteiger partial charge in [0.2, 0.25) is 0 Å². The molecule has 1 aromatic rings. The molecular weight excluding hydrogens is 226 g/mol. The van der Waals surface area contributed by atoms with Crippen LogP contribution in [0.3, 0.4) is 0 Å². The molecule has 4 heteroatoms. The number of carbonyl (C=O) groups excluding carboxylic acids is 1. The quantitative estimate of drug-likeness (QED) is 0.860. The van der Waals surface area contributed by atoms with Crippen LogP contribution in [0.2, 0.25) is 0 Å². The number of hydrogen-bond acceptors (Lipinski definition) is 3. The first-order valence-corrected chi connectivity index (χ1v) is 6.65. The van der Waals surface area contributed by atoms with Gasteiger partial charge in [-0.05, 0) is 36.8 Å². The molecule has 18 heavy (non-hydrogen) atoms. The van der Waals surface area contributed by atoms with Crippen molar-refractivity contribution in [3.05, 3.63) is 24.0 Å². The Hall–Kier alpha value is -1.58. The van der Waals surface area contributed by atoms with Gasteiger partial charge in [0, 0.05) is 12.7 Å². The van der Waals surface area contributed by atoms with E-state index in [-0.39, 0.29) is 5.91 Å². The van der Waals surface area contributed by atoms with Gasteiger partial charge in [0.05, 0.1) is 5.69 Å². The molecule has 1 amide bonds. The van der Waals surface area contributed by atoms with Crippen LogP contribution < -0.4 is 11.1 Å². The van der Waals surface area contributed by atoms with Crippen molar-refractivity contribution in [3.8, 4) is 0 Å². The van der Waals surface area contributed by atoms with E-state index >= 15 is 0 Å². The maximum Gasteiger partial charge on any atom is 0.272 e. The Morgan fingerprint density at radius 1 is 1.56 bits per heavy atom. The highest BCUT2D eigenvalue weighted by Gasteiger charge is 2.20. The number of amides is 1.